The highest BCUT2D eigenvalue weighted by Crippen LogP contribution is 2.44. The molecule has 6 nitrogen and oxygen atoms in total. The zero-order chi connectivity index (χ0) is 20.7. The summed E-state index contributed by atoms with van der Waals surface area (Å²) in [6, 6.07) is 8.78. The van der Waals surface area contributed by atoms with Gasteiger partial charge in [-0.1, -0.05) is 0 Å². The Morgan fingerprint density at radius 2 is 1.97 bits per heavy atom. The molecule has 3 heterocycles. The van der Waals surface area contributed by atoms with Crippen LogP contribution in [-0.4, -0.2) is 26.7 Å². The number of hydrogen-bond donors (Lipinski definition) is 0. The first-order chi connectivity index (χ1) is 14.6. The lowest BCUT2D eigenvalue weighted by atomic mass is 9.92. The standard InChI is InChI=1S/C24H26N4O2/c1-16-3-6-22-23(28(16)17(2)29)8-7-21(19-13-26-27(14-19)20-4-5-20)24(22)30-15-18-9-11-25-12-10-18/h7-14,16,20H,3-6,15H2,1-2H3. The summed E-state index contributed by atoms with van der Waals surface area (Å²) in [5, 5.41) is 4.57. The van der Waals surface area contributed by atoms with E-state index in [-0.39, 0.29) is 11.9 Å². The van der Waals surface area contributed by atoms with Crippen molar-refractivity contribution in [3.05, 3.63) is 60.2 Å². The molecule has 2 aliphatic rings. The van der Waals surface area contributed by atoms with Gasteiger partial charge >= 0.3 is 0 Å². The van der Waals surface area contributed by atoms with Crippen LogP contribution >= 0.6 is 0 Å². The van der Waals surface area contributed by atoms with Crippen molar-refractivity contribution in [2.45, 2.75) is 58.2 Å². The molecule has 1 aliphatic heterocycles. The topological polar surface area (TPSA) is 60.2 Å². The van der Waals surface area contributed by atoms with E-state index in [2.05, 4.69) is 40.0 Å². The van der Waals surface area contributed by atoms with E-state index in [9.17, 15) is 4.79 Å². The van der Waals surface area contributed by atoms with Crippen LogP contribution in [0.2, 0.25) is 0 Å². The lowest BCUT2D eigenvalue weighted by Gasteiger charge is -2.36. The average molecular weight is 402 g/mol. The van der Waals surface area contributed by atoms with Crippen LogP contribution in [0.4, 0.5) is 5.69 Å². The Kier molecular flexibility index (Phi) is 4.77. The Labute approximate surface area is 176 Å². The first-order valence-corrected chi connectivity index (χ1v) is 10.6. The summed E-state index contributed by atoms with van der Waals surface area (Å²) in [5.41, 5.74) is 5.23. The predicted octanol–water partition coefficient (Wildman–Crippen LogP) is 4.55. The third-order valence-electron chi connectivity index (χ3n) is 6.05. The van der Waals surface area contributed by atoms with Crippen LogP contribution in [0.3, 0.4) is 0 Å². The summed E-state index contributed by atoms with van der Waals surface area (Å²) in [7, 11) is 0. The van der Waals surface area contributed by atoms with Gasteiger partial charge in [0.25, 0.3) is 0 Å². The van der Waals surface area contributed by atoms with Crippen molar-refractivity contribution in [2.24, 2.45) is 0 Å². The lowest BCUT2D eigenvalue weighted by molar-refractivity contribution is -0.117. The molecule has 0 N–H and O–H groups in total. The van der Waals surface area contributed by atoms with E-state index in [1.165, 1.54) is 12.8 Å². The highest BCUT2D eigenvalue weighted by molar-refractivity contribution is 5.95. The van der Waals surface area contributed by atoms with Crippen LogP contribution in [0, 0.1) is 0 Å². The zero-order valence-corrected chi connectivity index (χ0v) is 17.4. The van der Waals surface area contributed by atoms with E-state index < -0.39 is 0 Å². The van der Waals surface area contributed by atoms with Gasteiger partial charge in [0.05, 0.1) is 17.9 Å². The number of hydrogen-bond acceptors (Lipinski definition) is 4. The number of fused-ring (bicyclic) bond motifs is 1. The third kappa shape index (κ3) is 3.47. The lowest BCUT2D eigenvalue weighted by Crippen LogP contribution is -2.40. The normalized spacial score (nSPS) is 18.2. The molecule has 3 aromatic rings. The number of ether oxygens (including phenoxy) is 1. The van der Waals surface area contributed by atoms with Gasteiger partial charge in [-0.25, -0.2) is 0 Å². The van der Waals surface area contributed by atoms with Crippen molar-refractivity contribution < 1.29 is 9.53 Å². The fourth-order valence-corrected chi connectivity index (χ4v) is 4.33. The monoisotopic (exact) mass is 402 g/mol. The fourth-order valence-electron chi connectivity index (χ4n) is 4.33. The smallest absolute Gasteiger partial charge is 0.224 e. The fraction of sp³-hybridized carbons (Fsp3) is 0.375. The van der Waals surface area contributed by atoms with Gasteiger partial charge in [-0.3, -0.25) is 14.5 Å². The van der Waals surface area contributed by atoms with E-state index in [0.29, 0.717) is 12.6 Å². The van der Waals surface area contributed by atoms with Crippen LogP contribution in [0.5, 0.6) is 5.75 Å². The molecular weight excluding hydrogens is 376 g/mol. The van der Waals surface area contributed by atoms with Crippen LogP contribution in [0.25, 0.3) is 11.1 Å². The SMILES string of the molecule is CC(=O)N1c2ccc(-c3cnn(C4CC4)c3)c(OCc3ccncc3)c2CCC1C. The molecule has 1 amide bonds. The van der Waals surface area contributed by atoms with Gasteiger partial charge in [-0.2, -0.15) is 5.10 Å². The maximum absolute atomic E-state index is 12.4. The minimum atomic E-state index is 0.0674. The molecule has 1 fully saturated rings. The maximum Gasteiger partial charge on any atom is 0.224 e. The minimum Gasteiger partial charge on any atom is -0.488 e. The molecule has 30 heavy (non-hydrogen) atoms. The summed E-state index contributed by atoms with van der Waals surface area (Å²) in [6.45, 7) is 4.20. The molecular formula is C24H26N4O2. The van der Waals surface area contributed by atoms with Gasteiger partial charge in [-0.15, -0.1) is 0 Å². The number of amides is 1. The summed E-state index contributed by atoms with van der Waals surface area (Å²) < 4.78 is 8.48. The number of rotatable bonds is 5. The summed E-state index contributed by atoms with van der Waals surface area (Å²) in [4.78, 5) is 18.4. The Morgan fingerprint density at radius 3 is 2.70 bits per heavy atom. The first-order valence-electron chi connectivity index (χ1n) is 10.6. The molecule has 0 saturated heterocycles. The highest BCUT2D eigenvalue weighted by atomic mass is 16.5. The maximum atomic E-state index is 12.4. The largest absolute Gasteiger partial charge is 0.488 e. The molecule has 1 saturated carbocycles. The highest BCUT2D eigenvalue weighted by Gasteiger charge is 2.30. The number of anilines is 1. The molecule has 1 aromatic carbocycles. The van der Waals surface area contributed by atoms with E-state index in [4.69, 9.17) is 4.74 Å². The third-order valence-corrected chi connectivity index (χ3v) is 6.05. The number of pyridine rings is 1. The number of carbonyl (C=O) groups excluding carboxylic acids is 1. The summed E-state index contributed by atoms with van der Waals surface area (Å²) >= 11 is 0. The second-order valence-corrected chi connectivity index (χ2v) is 8.30. The van der Waals surface area contributed by atoms with Crippen LogP contribution in [-0.2, 0) is 17.8 Å². The second-order valence-electron chi connectivity index (χ2n) is 8.30. The molecule has 0 bridgehead atoms. The quantitative estimate of drug-likeness (QED) is 0.628. The van der Waals surface area contributed by atoms with Crippen molar-refractivity contribution in [1.82, 2.24) is 14.8 Å². The zero-order valence-electron chi connectivity index (χ0n) is 17.4. The van der Waals surface area contributed by atoms with Crippen LogP contribution in [0.1, 0.15) is 50.3 Å². The van der Waals surface area contributed by atoms with Gasteiger partial charge in [0.2, 0.25) is 5.91 Å². The predicted molar refractivity (Wildman–Crippen MR) is 115 cm³/mol. The molecule has 1 aliphatic carbocycles. The summed E-state index contributed by atoms with van der Waals surface area (Å²) in [5.74, 6) is 0.927. The Hall–Kier alpha value is -3.15. The minimum absolute atomic E-state index is 0.0674. The van der Waals surface area contributed by atoms with Crippen molar-refractivity contribution in [2.75, 3.05) is 4.90 Å². The number of benzene rings is 1. The van der Waals surface area contributed by atoms with E-state index in [1.54, 1.807) is 19.3 Å². The van der Waals surface area contributed by atoms with Crippen LogP contribution < -0.4 is 9.64 Å². The number of aromatic nitrogens is 3. The van der Waals surface area contributed by atoms with E-state index in [0.717, 1.165) is 46.5 Å². The average Bonchev–Trinajstić information content (AvgIpc) is 3.49. The second kappa shape index (κ2) is 7.59. The molecule has 1 atom stereocenters. The molecule has 6 heteroatoms. The van der Waals surface area contributed by atoms with Crippen molar-refractivity contribution >= 4 is 11.6 Å². The van der Waals surface area contributed by atoms with Crippen molar-refractivity contribution in [3.8, 4) is 16.9 Å². The Morgan fingerprint density at radius 1 is 1.17 bits per heavy atom. The van der Waals surface area contributed by atoms with Gasteiger partial charge in [-0.05, 0) is 62.4 Å². The van der Waals surface area contributed by atoms with Gasteiger partial charge in [0, 0.05) is 48.2 Å². The number of carbonyl (C=O) groups is 1. The molecule has 154 valence electrons. The molecule has 1 unspecified atom stereocenters. The van der Waals surface area contributed by atoms with Crippen molar-refractivity contribution in [1.29, 1.82) is 0 Å². The van der Waals surface area contributed by atoms with Gasteiger partial charge < -0.3 is 9.64 Å². The van der Waals surface area contributed by atoms with Gasteiger partial charge in [0.15, 0.2) is 0 Å². The first kappa shape index (κ1) is 18.9. The molecule has 5 rings (SSSR count). The Bertz CT molecular complexity index is 1070. The van der Waals surface area contributed by atoms with Crippen molar-refractivity contribution in [3.63, 3.8) is 0 Å². The molecule has 2 aromatic heterocycles. The van der Waals surface area contributed by atoms with E-state index in [1.807, 2.05) is 23.2 Å². The summed E-state index contributed by atoms with van der Waals surface area (Å²) in [6.07, 6.45) is 11.8. The Balaban J connectivity index is 1.58. The van der Waals surface area contributed by atoms with Gasteiger partial charge in [0.1, 0.15) is 12.4 Å². The molecule has 0 spiro atoms. The number of nitrogens with zero attached hydrogens (tertiary/aromatic N) is 4. The molecule has 0 radical (unpaired) electrons. The van der Waals surface area contributed by atoms with Crippen LogP contribution in [0.15, 0.2) is 49.1 Å². The van der Waals surface area contributed by atoms with E-state index >= 15 is 0 Å².